The Hall–Kier alpha value is -6.90. The summed E-state index contributed by atoms with van der Waals surface area (Å²) in [7, 11) is 0. The predicted octanol–water partition coefficient (Wildman–Crippen LogP) is 15.2. The van der Waals surface area contributed by atoms with Gasteiger partial charge in [-0.1, -0.05) is 146 Å². The molecule has 0 amide bonds. The number of hydrogen-bond donors (Lipinski definition) is 0. The largest absolute Gasteiger partial charge is 0.309 e. The standard InChI is InChI=1S/C55H42N2/c1-35-21-25-40(26-22-35)56(50-20-12-16-38-15-8-9-17-42(38)50)53-34-49-54(44-19-11-10-18-43(44)53)45-28-27-41(33-48(45)55(49,3)4)57-51-29-23-36(2)31-46(51)47-32-39(24-30-52(47)57)37-13-6-5-7-14-37/h5-34H,1-4H3. The van der Waals surface area contributed by atoms with Crippen molar-refractivity contribution in [2.24, 2.45) is 0 Å². The molecule has 2 nitrogen and oxygen atoms in total. The summed E-state index contributed by atoms with van der Waals surface area (Å²) < 4.78 is 2.47. The van der Waals surface area contributed by atoms with Crippen molar-refractivity contribution in [3.8, 4) is 27.9 Å². The van der Waals surface area contributed by atoms with Gasteiger partial charge in [0.25, 0.3) is 0 Å². The Morgan fingerprint density at radius 1 is 0.439 bits per heavy atom. The van der Waals surface area contributed by atoms with Gasteiger partial charge in [-0.3, -0.25) is 0 Å². The zero-order valence-corrected chi connectivity index (χ0v) is 32.7. The summed E-state index contributed by atoms with van der Waals surface area (Å²) in [6.45, 7) is 9.18. The number of anilines is 3. The van der Waals surface area contributed by atoms with Crippen molar-refractivity contribution in [1.29, 1.82) is 0 Å². The Morgan fingerprint density at radius 3 is 1.91 bits per heavy atom. The number of aromatic nitrogens is 1. The summed E-state index contributed by atoms with van der Waals surface area (Å²) in [6.07, 6.45) is 0. The van der Waals surface area contributed by atoms with Crippen LogP contribution in [-0.4, -0.2) is 4.57 Å². The van der Waals surface area contributed by atoms with E-state index in [2.05, 4.69) is 219 Å². The summed E-state index contributed by atoms with van der Waals surface area (Å²) in [5.74, 6) is 0. The van der Waals surface area contributed by atoms with E-state index >= 15 is 0 Å². The third-order valence-electron chi connectivity index (χ3n) is 12.5. The van der Waals surface area contributed by atoms with E-state index in [0.29, 0.717) is 0 Å². The lowest BCUT2D eigenvalue weighted by Gasteiger charge is -2.30. The monoisotopic (exact) mass is 730 g/mol. The van der Waals surface area contributed by atoms with Gasteiger partial charge in [-0.25, -0.2) is 0 Å². The first kappa shape index (κ1) is 33.4. The highest BCUT2D eigenvalue weighted by Gasteiger charge is 2.38. The number of nitrogens with zero attached hydrogens (tertiary/aromatic N) is 2. The van der Waals surface area contributed by atoms with E-state index in [0.717, 1.165) is 5.69 Å². The van der Waals surface area contributed by atoms with E-state index in [9.17, 15) is 0 Å². The second-order valence-electron chi connectivity index (χ2n) is 16.3. The van der Waals surface area contributed by atoms with Crippen LogP contribution in [0.1, 0.15) is 36.1 Å². The van der Waals surface area contributed by atoms with Crippen LogP contribution in [0.3, 0.4) is 0 Å². The number of rotatable bonds is 5. The lowest BCUT2D eigenvalue weighted by atomic mass is 9.81. The SMILES string of the molecule is Cc1ccc(N(c2cccc3ccccc23)c2cc3c(c4ccccc24)-c2ccc(-n4c5ccc(C)cc5c5cc(-c6ccccc6)ccc54)cc2C3(C)C)cc1. The highest BCUT2D eigenvalue weighted by Crippen LogP contribution is 2.55. The second kappa shape index (κ2) is 12.6. The quantitative estimate of drug-likeness (QED) is 0.171. The summed E-state index contributed by atoms with van der Waals surface area (Å²) >= 11 is 0. The van der Waals surface area contributed by atoms with Gasteiger partial charge in [0.1, 0.15) is 0 Å². The molecule has 0 spiro atoms. The highest BCUT2D eigenvalue weighted by molar-refractivity contribution is 6.13. The molecule has 0 atom stereocenters. The summed E-state index contributed by atoms with van der Waals surface area (Å²) in [6, 6.07) is 67.7. The fraction of sp³-hybridized carbons (Fsp3) is 0.0909. The third kappa shape index (κ3) is 5.10. The lowest BCUT2D eigenvalue weighted by Crippen LogP contribution is -2.17. The minimum atomic E-state index is -0.257. The molecule has 0 N–H and O–H groups in total. The van der Waals surface area contributed by atoms with Crippen molar-refractivity contribution in [3.05, 3.63) is 204 Å². The van der Waals surface area contributed by atoms with Gasteiger partial charge in [-0.15, -0.1) is 0 Å². The normalized spacial score (nSPS) is 13.1. The molecule has 2 heteroatoms. The number of hydrogen-bond acceptors (Lipinski definition) is 1. The minimum Gasteiger partial charge on any atom is -0.309 e. The Morgan fingerprint density at radius 2 is 1.11 bits per heavy atom. The van der Waals surface area contributed by atoms with Crippen LogP contribution in [0.25, 0.3) is 71.3 Å². The van der Waals surface area contributed by atoms with Crippen molar-refractivity contribution >= 4 is 60.4 Å². The van der Waals surface area contributed by atoms with E-state index in [1.807, 2.05) is 0 Å². The second-order valence-corrected chi connectivity index (χ2v) is 16.3. The molecule has 1 heterocycles. The van der Waals surface area contributed by atoms with Crippen molar-refractivity contribution in [1.82, 2.24) is 4.57 Å². The minimum absolute atomic E-state index is 0.257. The molecule has 0 fully saturated rings. The maximum atomic E-state index is 2.49. The summed E-state index contributed by atoms with van der Waals surface area (Å²) in [4.78, 5) is 2.48. The molecular weight excluding hydrogens is 689 g/mol. The smallest absolute Gasteiger partial charge is 0.0543 e. The van der Waals surface area contributed by atoms with Crippen molar-refractivity contribution in [3.63, 3.8) is 0 Å². The van der Waals surface area contributed by atoms with E-state index in [1.165, 1.54) is 105 Å². The molecular formula is C55H42N2. The fourth-order valence-corrected chi connectivity index (χ4v) is 9.61. The third-order valence-corrected chi connectivity index (χ3v) is 12.5. The lowest BCUT2D eigenvalue weighted by molar-refractivity contribution is 0.660. The first-order valence-corrected chi connectivity index (χ1v) is 20.0. The summed E-state index contributed by atoms with van der Waals surface area (Å²) in [5.41, 5.74) is 17.2. The van der Waals surface area contributed by atoms with E-state index < -0.39 is 0 Å². The Bertz CT molecular complexity index is 3210. The van der Waals surface area contributed by atoms with Crippen LogP contribution in [0.2, 0.25) is 0 Å². The average Bonchev–Trinajstić information content (AvgIpc) is 3.68. The van der Waals surface area contributed by atoms with Gasteiger partial charge in [0, 0.05) is 38.3 Å². The first-order chi connectivity index (χ1) is 27.8. The average molecular weight is 731 g/mol. The van der Waals surface area contributed by atoms with Gasteiger partial charge in [0.05, 0.1) is 22.4 Å². The highest BCUT2D eigenvalue weighted by atomic mass is 15.1. The number of fused-ring (bicyclic) bond motifs is 9. The van der Waals surface area contributed by atoms with Crippen LogP contribution < -0.4 is 4.90 Å². The molecule has 1 aromatic heterocycles. The van der Waals surface area contributed by atoms with Gasteiger partial charge in [-0.2, -0.15) is 0 Å². The molecule has 0 saturated heterocycles. The van der Waals surface area contributed by atoms with Gasteiger partial charge >= 0.3 is 0 Å². The van der Waals surface area contributed by atoms with Crippen LogP contribution in [0.15, 0.2) is 182 Å². The molecule has 57 heavy (non-hydrogen) atoms. The molecule has 272 valence electrons. The molecule has 9 aromatic carbocycles. The maximum Gasteiger partial charge on any atom is 0.0543 e. The summed E-state index contributed by atoms with van der Waals surface area (Å²) in [5, 5.41) is 7.54. The van der Waals surface area contributed by atoms with Crippen LogP contribution in [-0.2, 0) is 5.41 Å². The Labute approximate surface area is 333 Å². The van der Waals surface area contributed by atoms with Crippen LogP contribution in [0.5, 0.6) is 0 Å². The maximum absolute atomic E-state index is 2.49. The van der Waals surface area contributed by atoms with Gasteiger partial charge in [-0.05, 0) is 119 Å². The molecule has 1 aliphatic rings. The molecule has 0 bridgehead atoms. The van der Waals surface area contributed by atoms with Crippen molar-refractivity contribution in [2.45, 2.75) is 33.1 Å². The first-order valence-electron chi connectivity index (χ1n) is 20.0. The molecule has 0 saturated carbocycles. The van der Waals surface area contributed by atoms with Gasteiger partial charge in [0.15, 0.2) is 0 Å². The zero-order chi connectivity index (χ0) is 38.4. The van der Waals surface area contributed by atoms with Gasteiger partial charge in [0.2, 0.25) is 0 Å². The van der Waals surface area contributed by atoms with E-state index in [1.54, 1.807) is 0 Å². The number of aryl methyl sites for hydroxylation is 2. The molecule has 0 aliphatic heterocycles. The fourth-order valence-electron chi connectivity index (χ4n) is 9.61. The Balaban J connectivity index is 1.13. The van der Waals surface area contributed by atoms with Gasteiger partial charge < -0.3 is 9.47 Å². The van der Waals surface area contributed by atoms with E-state index in [4.69, 9.17) is 0 Å². The molecule has 1 aliphatic carbocycles. The number of benzene rings is 9. The molecule has 10 aromatic rings. The Kier molecular flexibility index (Phi) is 7.37. The van der Waals surface area contributed by atoms with Crippen LogP contribution in [0.4, 0.5) is 17.1 Å². The molecule has 11 rings (SSSR count). The molecule has 0 radical (unpaired) electrons. The predicted molar refractivity (Wildman–Crippen MR) is 243 cm³/mol. The van der Waals surface area contributed by atoms with Crippen LogP contribution >= 0.6 is 0 Å². The van der Waals surface area contributed by atoms with Crippen molar-refractivity contribution in [2.75, 3.05) is 4.90 Å². The van der Waals surface area contributed by atoms with E-state index in [-0.39, 0.29) is 5.41 Å². The van der Waals surface area contributed by atoms with Crippen molar-refractivity contribution < 1.29 is 0 Å². The molecule has 0 unspecified atom stereocenters. The van der Waals surface area contributed by atoms with Crippen LogP contribution in [0, 0.1) is 13.8 Å². The topological polar surface area (TPSA) is 8.17 Å². The zero-order valence-electron chi connectivity index (χ0n) is 32.7.